The smallest absolute Gasteiger partial charge is 0.0900 e. The summed E-state index contributed by atoms with van der Waals surface area (Å²) in [6.45, 7) is 9.69. The molecule has 1 atom stereocenters. The summed E-state index contributed by atoms with van der Waals surface area (Å²) in [5.74, 6) is 0. The van der Waals surface area contributed by atoms with Crippen molar-refractivity contribution < 1.29 is 0 Å². The third kappa shape index (κ3) is 3.87. The van der Waals surface area contributed by atoms with Crippen LogP contribution in [0.4, 0.5) is 0 Å². The van der Waals surface area contributed by atoms with Crippen LogP contribution in [-0.4, -0.2) is 11.5 Å². The minimum Gasteiger partial charge on any atom is -0.309 e. The number of nitrogens with zero attached hydrogens (tertiary/aromatic N) is 1. The van der Waals surface area contributed by atoms with Crippen LogP contribution in [0.15, 0.2) is 0 Å². The third-order valence-electron chi connectivity index (χ3n) is 2.80. The Morgan fingerprint density at radius 3 is 2.50 bits per heavy atom. The van der Waals surface area contributed by atoms with Gasteiger partial charge in [0.1, 0.15) is 0 Å². The molecule has 0 aliphatic heterocycles. The number of thiazole rings is 1. The van der Waals surface area contributed by atoms with E-state index in [9.17, 15) is 0 Å². The molecule has 1 aromatic heterocycles. The fraction of sp³-hybridized carbons (Fsp3) is 0.769. The van der Waals surface area contributed by atoms with Gasteiger partial charge >= 0.3 is 0 Å². The first-order valence-corrected chi connectivity index (χ1v) is 7.18. The van der Waals surface area contributed by atoms with Gasteiger partial charge in [0.25, 0.3) is 0 Å². The topological polar surface area (TPSA) is 24.9 Å². The first kappa shape index (κ1) is 13.7. The van der Waals surface area contributed by atoms with E-state index in [-0.39, 0.29) is 0 Å². The number of rotatable bonds is 7. The number of hydrogen-bond acceptors (Lipinski definition) is 3. The van der Waals surface area contributed by atoms with Crippen LogP contribution in [-0.2, 0) is 0 Å². The standard InChI is InChI=1S/C13H24N2S/c1-5-7-8-9-12(14-6-2)13-10(3)15-11(4)16-13/h12,14H,5-9H2,1-4H3. The Labute approximate surface area is 103 Å². The first-order chi connectivity index (χ1) is 7.69. The van der Waals surface area contributed by atoms with Gasteiger partial charge in [0.15, 0.2) is 0 Å². The lowest BCUT2D eigenvalue weighted by Crippen LogP contribution is -2.20. The van der Waals surface area contributed by atoms with Crippen molar-refractivity contribution in [1.29, 1.82) is 0 Å². The average molecular weight is 240 g/mol. The molecule has 16 heavy (non-hydrogen) atoms. The highest BCUT2D eigenvalue weighted by molar-refractivity contribution is 7.11. The van der Waals surface area contributed by atoms with Crippen molar-refractivity contribution in [2.24, 2.45) is 0 Å². The van der Waals surface area contributed by atoms with Gasteiger partial charge < -0.3 is 5.32 Å². The summed E-state index contributed by atoms with van der Waals surface area (Å²) >= 11 is 1.85. The summed E-state index contributed by atoms with van der Waals surface area (Å²) in [4.78, 5) is 5.96. The monoisotopic (exact) mass is 240 g/mol. The molecular weight excluding hydrogens is 216 g/mol. The van der Waals surface area contributed by atoms with Gasteiger partial charge in [0.05, 0.1) is 10.7 Å². The average Bonchev–Trinajstić information content (AvgIpc) is 2.57. The zero-order chi connectivity index (χ0) is 12.0. The Morgan fingerprint density at radius 1 is 1.25 bits per heavy atom. The van der Waals surface area contributed by atoms with Gasteiger partial charge in [0.2, 0.25) is 0 Å². The van der Waals surface area contributed by atoms with Gasteiger partial charge in [-0.15, -0.1) is 11.3 Å². The van der Waals surface area contributed by atoms with Crippen LogP contribution in [0.2, 0.25) is 0 Å². The van der Waals surface area contributed by atoms with Crippen LogP contribution < -0.4 is 5.32 Å². The molecule has 0 fully saturated rings. The zero-order valence-corrected chi connectivity index (χ0v) is 11.8. The van der Waals surface area contributed by atoms with Crippen LogP contribution in [0.3, 0.4) is 0 Å². The highest BCUT2D eigenvalue weighted by Gasteiger charge is 2.15. The molecule has 0 aliphatic carbocycles. The molecule has 3 heteroatoms. The van der Waals surface area contributed by atoms with Crippen LogP contribution in [0.25, 0.3) is 0 Å². The molecule has 1 rings (SSSR count). The molecule has 0 aliphatic rings. The van der Waals surface area contributed by atoms with Gasteiger partial charge in [-0.05, 0) is 26.8 Å². The Morgan fingerprint density at radius 2 is 2.00 bits per heavy atom. The highest BCUT2D eigenvalue weighted by Crippen LogP contribution is 2.28. The van der Waals surface area contributed by atoms with E-state index >= 15 is 0 Å². The van der Waals surface area contributed by atoms with Gasteiger partial charge in [-0.2, -0.15) is 0 Å². The number of aromatic nitrogens is 1. The Bertz CT molecular complexity index is 307. The van der Waals surface area contributed by atoms with Crippen molar-refractivity contribution in [2.75, 3.05) is 6.54 Å². The molecule has 0 bridgehead atoms. The first-order valence-electron chi connectivity index (χ1n) is 6.36. The maximum atomic E-state index is 4.52. The van der Waals surface area contributed by atoms with Crippen LogP contribution in [0.1, 0.15) is 61.2 Å². The predicted octanol–water partition coefficient (Wildman–Crippen LogP) is 3.99. The van der Waals surface area contributed by atoms with Crippen LogP contribution in [0.5, 0.6) is 0 Å². The van der Waals surface area contributed by atoms with Crippen molar-refractivity contribution in [1.82, 2.24) is 10.3 Å². The maximum Gasteiger partial charge on any atom is 0.0900 e. The van der Waals surface area contributed by atoms with E-state index < -0.39 is 0 Å². The second kappa shape index (κ2) is 7.02. The van der Waals surface area contributed by atoms with Crippen LogP contribution in [0, 0.1) is 13.8 Å². The molecule has 0 saturated carbocycles. The Balaban J connectivity index is 2.64. The molecule has 1 heterocycles. The van der Waals surface area contributed by atoms with Crippen molar-refractivity contribution in [3.63, 3.8) is 0 Å². The molecular formula is C13H24N2S. The molecule has 0 radical (unpaired) electrons. The van der Waals surface area contributed by atoms with Gasteiger partial charge in [-0.3, -0.25) is 0 Å². The lowest BCUT2D eigenvalue weighted by molar-refractivity contribution is 0.490. The molecule has 1 N–H and O–H groups in total. The molecule has 1 unspecified atom stereocenters. The third-order valence-corrected chi connectivity index (χ3v) is 3.99. The van der Waals surface area contributed by atoms with E-state index in [0.717, 1.165) is 6.54 Å². The van der Waals surface area contributed by atoms with Crippen molar-refractivity contribution in [3.8, 4) is 0 Å². The molecule has 1 aromatic rings. The van der Waals surface area contributed by atoms with Crippen molar-refractivity contribution >= 4 is 11.3 Å². The summed E-state index contributed by atoms with van der Waals surface area (Å²) < 4.78 is 0. The summed E-state index contributed by atoms with van der Waals surface area (Å²) in [5.41, 5.74) is 1.21. The van der Waals surface area contributed by atoms with E-state index in [1.54, 1.807) is 0 Å². The number of unbranched alkanes of at least 4 members (excludes halogenated alkanes) is 2. The lowest BCUT2D eigenvalue weighted by atomic mass is 10.1. The molecule has 0 aromatic carbocycles. The van der Waals surface area contributed by atoms with E-state index in [4.69, 9.17) is 0 Å². The zero-order valence-electron chi connectivity index (χ0n) is 11.0. The normalized spacial score (nSPS) is 13.0. The van der Waals surface area contributed by atoms with E-state index in [1.807, 2.05) is 11.3 Å². The van der Waals surface area contributed by atoms with Gasteiger partial charge in [-0.1, -0.05) is 33.1 Å². The summed E-state index contributed by atoms with van der Waals surface area (Å²) in [6, 6.07) is 0.516. The second-order valence-electron chi connectivity index (χ2n) is 4.29. The van der Waals surface area contributed by atoms with Crippen LogP contribution >= 0.6 is 11.3 Å². The van der Waals surface area contributed by atoms with E-state index in [2.05, 4.69) is 38.0 Å². The quantitative estimate of drug-likeness (QED) is 0.729. The lowest BCUT2D eigenvalue weighted by Gasteiger charge is -2.16. The second-order valence-corrected chi connectivity index (χ2v) is 5.52. The number of hydrogen-bond donors (Lipinski definition) is 1. The highest BCUT2D eigenvalue weighted by atomic mass is 32.1. The SMILES string of the molecule is CCCCCC(NCC)c1sc(C)nc1C. The molecule has 92 valence electrons. The summed E-state index contributed by atoms with van der Waals surface area (Å²) in [6.07, 6.45) is 5.17. The fourth-order valence-electron chi connectivity index (χ4n) is 2.04. The van der Waals surface area contributed by atoms with Crippen molar-refractivity contribution in [3.05, 3.63) is 15.6 Å². The predicted molar refractivity (Wildman–Crippen MR) is 72.1 cm³/mol. The number of aryl methyl sites for hydroxylation is 2. The number of nitrogens with one attached hydrogen (secondary N) is 1. The molecule has 0 saturated heterocycles. The summed E-state index contributed by atoms with van der Waals surface area (Å²) in [7, 11) is 0. The minimum atomic E-state index is 0.516. The van der Waals surface area contributed by atoms with Gasteiger partial charge in [-0.25, -0.2) is 4.98 Å². The van der Waals surface area contributed by atoms with E-state index in [0.29, 0.717) is 6.04 Å². The largest absolute Gasteiger partial charge is 0.309 e. The maximum absolute atomic E-state index is 4.52. The Kier molecular flexibility index (Phi) is 5.99. The Hall–Kier alpha value is -0.410. The van der Waals surface area contributed by atoms with Gasteiger partial charge in [0, 0.05) is 10.9 Å². The van der Waals surface area contributed by atoms with Crippen molar-refractivity contribution in [2.45, 2.75) is 59.4 Å². The molecule has 0 amide bonds. The minimum absolute atomic E-state index is 0.516. The summed E-state index contributed by atoms with van der Waals surface area (Å²) in [5, 5.41) is 4.77. The van der Waals surface area contributed by atoms with E-state index in [1.165, 1.54) is 41.3 Å². The molecule has 0 spiro atoms. The fourth-order valence-corrected chi connectivity index (χ4v) is 3.08. The molecule has 2 nitrogen and oxygen atoms in total.